The molecule has 0 N–H and O–H groups in total. The number of aromatic nitrogens is 2. The van der Waals surface area contributed by atoms with E-state index >= 15 is 0 Å². The molecule has 1 aliphatic heterocycles. The largest absolute Gasteiger partial charge is 0.339 e. The summed E-state index contributed by atoms with van der Waals surface area (Å²) in [4.78, 5) is 33.0. The van der Waals surface area contributed by atoms with E-state index in [9.17, 15) is 9.59 Å². The maximum absolute atomic E-state index is 12.7. The van der Waals surface area contributed by atoms with Crippen LogP contribution in [0.5, 0.6) is 0 Å². The molecule has 0 bridgehead atoms. The van der Waals surface area contributed by atoms with E-state index in [2.05, 4.69) is 36.4 Å². The van der Waals surface area contributed by atoms with Crippen LogP contribution < -0.4 is 0 Å². The minimum atomic E-state index is 0.123. The Morgan fingerprint density at radius 3 is 2.37 bits per heavy atom. The number of benzene rings is 1. The molecule has 2 aromatic rings. The molecule has 0 radical (unpaired) electrons. The molecule has 2 heterocycles. The lowest BCUT2D eigenvalue weighted by molar-refractivity contribution is -0.139. The van der Waals surface area contributed by atoms with Gasteiger partial charge in [0, 0.05) is 38.6 Å². The number of carbonyl (C=O) groups excluding carboxylic acids is 2. The first-order valence-electron chi connectivity index (χ1n) is 10.0. The van der Waals surface area contributed by atoms with Gasteiger partial charge in [0.15, 0.2) is 0 Å². The van der Waals surface area contributed by atoms with Crippen molar-refractivity contribution in [3.05, 3.63) is 30.1 Å². The third-order valence-corrected chi connectivity index (χ3v) is 5.28. The molecule has 1 saturated heterocycles. The van der Waals surface area contributed by atoms with Gasteiger partial charge in [0.05, 0.1) is 23.8 Å². The molecule has 1 aliphatic rings. The zero-order chi connectivity index (χ0) is 19.4. The quantitative estimate of drug-likeness (QED) is 0.785. The predicted octanol–water partition coefficient (Wildman–Crippen LogP) is 3.02. The number of nitrogens with zero attached hydrogens (tertiary/aromatic N) is 4. The summed E-state index contributed by atoms with van der Waals surface area (Å²) in [5, 5.41) is 0. The van der Waals surface area contributed by atoms with Gasteiger partial charge in [0.1, 0.15) is 0 Å². The van der Waals surface area contributed by atoms with Gasteiger partial charge in [-0.1, -0.05) is 19.4 Å². The number of hydrogen-bond donors (Lipinski definition) is 0. The molecular weight excluding hydrogens is 340 g/mol. The van der Waals surface area contributed by atoms with Crippen molar-refractivity contribution in [1.29, 1.82) is 0 Å². The Bertz CT molecular complexity index is 804. The molecule has 146 valence electrons. The molecule has 6 heteroatoms. The fraction of sp³-hybridized carbons (Fsp3) is 0.571. The molecule has 1 aromatic heterocycles. The topological polar surface area (TPSA) is 58.4 Å². The van der Waals surface area contributed by atoms with E-state index in [1.165, 1.54) is 0 Å². The average molecular weight is 370 g/mol. The van der Waals surface area contributed by atoms with E-state index in [-0.39, 0.29) is 11.8 Å². The van der Waals surface area contributed by atoms with Crippen LogP contribution in [0.1, 0.15) is 51.6 Å². The van der Waals surface area contributed by atoms with Gasteiger partial charge in [0.25, 0.3) is 0 Å². The Morgan fingerprint density at radius 2 is 1.74 bits per heavy atom. The Balaban J connectivity index is 1.57. The van der Waals surface area contributed by atoms with Gasteiger partial charge in [-0.15, -0.1) is 0 Å². The summed E-state index contributed by atoms with van der Waals surface area (Å²) < 4.78 is 2.13. The molecule has 0 aliphatic carbocycles. The normalized spacial score (nSPS) is 15.0. The highest BCUT2D eigenvalue weighted by atomic mass is 16.2. The summed E-state index contributed by atoms with van der Waals surface area (Å²) in [7, 11) is 0. The first-order chi connectivity index (χ1) is 13.0. The molecule has 0 unspecified atom stereocenters. The molecule has 27 heavy (non-hydrogen) atoms. The maximum Gasteiger partial charge on any atom is 0.227 e. The van der Waals surface area contributed by atoms with Gasteiger partial charge in [-0.25, -0.2) is 4.98 Å². The Hall–Kier alpha value is -2.37. The van der Waals surface area contributed by atoms with Crippen molar-refractivity contribution in [2.75, 3.05) is 26.2 Å². The third kappa shape index (κ3) is 4.49. The highest BCUT2D eigenvalue weighted by Gasteiger charge is 2.23. The summed E-state index contributed by atoms with van der Waals surface area (Å²) >= 11 is 0. The number of carbonyl (C=O) groups is 2. The average Bonchev–Trinajstić information content (AvgIpc) is 3.09. The molecule has 3 rings (SSSR count). The summed E-state index contributed by atoms with van der Waals surface area (Å²) in [6, 6.07) is 6.44. The van der Waals surface area contributed by atoms with Gasteiger partial charge in [-0.2, -0.15) is 0 Å². The van der Waals surface area contributed by atoms with Crippen LogP contribution in [-0.2, 0) is 16.0 Å². The first-order valence-corrected chi connectivity index (χ1v) is 10.0. The second-order valence-electron chi connectivity index (χ2n) is 7.61. The molecule has 0 atom stereocenters. The number of amides is 2. The van der Waals surface area contributed by atoms with Crippen LogP contribution in [0, 0.1) is 0 Å². The molecule has 0 spiro atoms. The SMILES string of the molecule is CCCCC(=O)N1CCN(C(=O)Cc2ccc3c(c2)ncn3C(C)C)CC1. The molecular formula is C21H30N4O2. The Kier molecular flexibility index (Phi) is 6.14. The van der Waals surface area contributed by atoms with Crippen LogP contribution in [0.4, 0.5) is 0 Å². The van der Waals surface area contributed by atoms with Crippen molar-refractivity contribution in [1.82, 2.24) is 19.4 Å². The van der Waals surface area contributed by atoms with Crippen molar-refractivity contribution in [2.45, 2.75) is 52.5 Å². The molecule has 2 amide bonds. The number of unbranched alkanes of at least 4 members (excludes halogenated alkanes) is 1. The lowest BCUT2D eigenvalue weighted by Gasteiger charge is -2.35. The van der Waals surface area contributed by atoms with Gasteiger partial charge in [0.2, 0.25) is 11.8 Å². The van der Waals surface area contributed by atoms with Gasteiger partial charge < -0.3 is 14.4 Å². The van der Waals surface area contributed by atoms with E-state index in [4.69, 9.17) is 0 Å². The predicted molar refractivity (Wildman–Crippen MR) is 107 cm³/mol. The lowest BCUT2D eigenvalue weighted by Crippen LogP contribution is -2.50. The van der Waals surface area contributed by atoms with Crippen LogP contribution >= 0.6 is 0 Å². The van der Waals surface area contributed by atoms with E-state index in [0.29, 0.717) is 45.1 Å². The molecule has 1 fully saturated rings. The molecule has 1 aromatic carbocycles. The smallest absolute Gasteiger partial charge is 0.227 e. The van der Waals surface area contributed by atoms with Gasteiger partial charge >= 0.3 is 0 Å². The number of piperazine rings is 1. The first kappa shape index (κ1) is 19.4. The van der Waals surface area contributed by atoms with Crippen molar-refractivity contribution >= 4 is 22.8 Å². The summed E-state index contributed by atoms with van der Waals surface area (Å²) in [5.41, 5.74) is 3.02. The van der Waals surface area contributed by atoms with Crippen molar-refractivity contribution in [2.24, 2.45) is 0 Å². The monoisotopic (exact) mass is 370 g/mol. The van der Waals surface area contributed by atoms with E-state index < -0.39 is 0 Å². The van der Waals surface area contributed by atoms with Crippen LogP contribution in [0.2, 0.25) is 0 Å². The second kappa shape index (κ2) is 8.55. The summed E-state index contributed by atoms with van der Waals surface area (Å²) in [6.45, 7) is 8.89. The van der Waals surface area contributed by atoms with Crippen LogP contribution in [0.3, 0.4) is 0 Å². The van der Waals surface area contributed by atoms with Crippen molar-refractivity contribution in [3.8, 4) is 0 Å². The van der Waals surface area contributed by atoms with E-state index in [0.717, 1.165) is 29.4 Å². The van der Waals surface area contributed by atoms with Crippen LogP contribution in [0.15, 0.2) is 24.5 Å². The standard InChI is InChI=1S/C21H30N4O2/c1-4-5-6-20(26)23-9-11-24(12-10-23)21(27)14-17-7-8-19-18(13-17)22-15-25(19)16(2)3/h7-8,13,15-16H,4-6,9-12,14H2,1-3H3. The number of fused-ring (bicyclic) bond motifs is 1. The lowest BCUT2D eigenvalue weighted by atomic mass is 10.1. The zero-order valence-electron chi connectivity index (χ0n) is 16.6. The third-order valence-electron chi connectivity index (χ3n) is 5.28. The van der Waals surface area contributed by atoms with Gasteiger partial charge in [-0.05, 0) is 38.0 Å². The van der Waals surface area contributed by atoms with Crippen LogP contribution in [0.25, 0.3) is 11.0 Å². The highest BCUT2D eigenvalue weighted by molar-refractivity contribution is 5.82. The zero-order valence-corrected chi connectivity index (χ0v) is 16.6. The number of imidazole rings is 1. The highest BCUT2D eigenvalue weighted by Crippen LogP contribution is 2.19. The minimum Gasteiger partial charge on any atom is -0.339 e. The Labute approximate surface area is 161 Å². The fourth-order valence-corrected chi connectivity index (χ4v) is 3.58. The second-order valence-corrected chi connectivity index (χ2v) is 7.61. The van der Waals surface area contributed by atoms with Gasteiger partial charge in [-0.3, -0.25) is 9.59 Å². The maximum atomic E-state index is 12.7. The Morgan fingerprint density at radius 1 is 1.07 bits per heavy atom. The van der Waals surface area contributed by atoms with E-state index in [1.807, 2.05) is 28.3 Å². The molecule has 6 nitrogen and oxygen atoms in total. The summed E-state index contributed by atoms with van der Waals surface area (Å²) in [6.07, 6.45) is 4.83. The van der Waals surface area contributed by atoms with E-state index in [1.54, 1.807) is 0 Å². The summed E-state index contributed by atoms with van der Waals surface area (Å²) in [5.74, 6) is 0.341. The number of rotatable bonds is 6. The number of hydrogen-bond acceptors (Lipinski definition) is 3. The van der Waals surface area contributed by atoms with Crippen molar-refractivity contribution in [3.63, 3.8) is 0 Å². The molecule has 0 saturated carbocycles. The van der Waals surface area contributed by atoms with Crippen LogP contribution in [-0.4, -0.2) is 57.3 Å². The minimum absolute atomic E-state index is 0.123. The fourth-order valence-electron chi connectivity index (χ4n) is 3.58. The van der Waals surface area contributed by atoms with Crippen molar-refractivity contribution < 1.29 is 9.59 Å².